The zero-order valence-electron chi connectivity index (χ0n) is 58.8. The Labute approximate surface area is 539 Å². The first kappa shape index (κ1) is 84.6. The highest BCUT2D eigenvalue weighted by atomic mass is 16.5. The molecule has 0 saturated heterocycles. The third-order valence-corrected chi connectivity index (χ3v) is 19.1. The number of esters is 1. The Morgan fingerprint density at radius 2 is 0.547 bits per heavy atom. The summed E-state index contributed by atoms with van der Waals surface area (Å²) in [6, 6.07) is -0.540. The molecular formula is C80H157NO5. The molecule has 0 aliphatic carbocycles. The minimum atomic E-state index is -0.664. The van der Waals surface area contributed by atoms with E-state index in [4.69, 9.17) is 4.74 Å². The maximum atomic E-state index is 12.6. The molecule has 0 aliphatic heterocycles. The molecule has 86 heavy (non-hydrogen) atoms. The minimum Gasteiger partial charge on any atom is -0.466 e. The maximum absolute atomic E-state index is 12.6. The standard InChI is InChI=1S/C80H157NO5/c1-3-5-7-9-11-13-15-17-19-21-22-23-24-28-31-34-37-41-44-48-52-56-60-64-68-72-78(83)77(76-82)81-79(84)73-69-65-61-57-53-49-45-42-38-35-32-29-26-25-27-30-33-36-39-43-47-51-55-59-63-67-71-75-86-80(85)74-70-66-62-58-54-50-46-40-20-18-16-14-12-10-8-6-4-2/h18,20,77-78,82-83H,3-17,19,21-76H2,1-2H3,(H,81,84)/b20-18-. The Morgan fingerprint density at radius 3 is 0.826 bits per heavy atom. The fourth-order valence-electron chi connectivity index (χ4n) is 13.0. The van der Waals surface area contributed by atoms with Gasteiger partial charge in [0.1, 0.15) is 0 Å². The number of aliphatic hydroxyl groups is 2. The number of hydrogen-bond donors (Lipinski definition) is 3. The zero-order chi connectivity index (χ0) is 62.0. The lowest BCUT2D eigenvalue weighted by molar-refractivity contribution is -0.143. The average molecular weight is 1210 g/mol. The molecule has 0 spiro atoms. The van der Waals surface area contributed by atoms with Crippen molar-refractivity contribution in [2.45, 2.75) is 475 Å². The van der Waals surface area contributed by atoms with Crippen LogP contribution < -0.4 is 5.32 Å². The summed E-state index contributed by atoms with van der Waals surface area (Å²) in [6.07, 6.45) is 95.8. The number of nitrogens with one attached hydrogen (secondary N) is 1. The van der Waals surface area contributed by atoms with Gasteiger partial charge in [0.05, 0.1) is 25.4 Å². The second kappa shape index (κ2) is 76.1. The van der Waals surface area contributed by atoms with Crippen LogP contribution in [0.25, 0.3) is 0 Å². The molecule has 0 aromatic heterocycles. The SMILES string of the molecule is CCCCCCCC/C=C\CCCCCCCCCC(=O)OCCCCCCCCCCCCCCCCCCCCCCCCCCCCCC(=O)NC(CO)C(O)CCCCCCCCCCCCCCCCCCCCCCCCCCC. The number of unbranched alkanes of at least 4 members (excludes halogenated alkanes) is 63. The molecule has 0 saturated carbocycles. The number of ether oxygens (including phenoxy) is 1. The quantitative estimate of drug-likeness (QED) is 0.0320. The van der Waals surface area contributed by atoms with Gasteiger partial charge in [0, 0.05) is 12.8 Å². The molecule has 1 amide bonds. The molecule has 0 aromatic carbocycles. The van der Waals surface area contributed by atoms with Gasteiger partial charge in [0.15, 0.2) is 0 Å². The van der Waals surface area contributed by atoms with Gasteiger partial charge in [-0.2, -0.15) is 0 Å². The van der Waals surface area contributed by atoms with Gasteiger partial charge in [-0.25, -0.2) is 0 Å². The number of amides is 1. The number of allylic oxidation sites excluding steroid dienone is 2. The molecule has 0 fully saturated rings. The van der Waals surface area contributed by atoms with Crippen LogP contribution in [0.2, 0.25) is 0 Å². The molecule has 0 radical (unpaired) electrons. The number of carbonyl (C=O) groups is 2. The Morgan fingerprint density at radius 1 is 0.314 bits per heavy atom. The fraction of sp³-hybridized carbons (Fsp3) is 0.950. The van der Waals surface area contributed by atoms with E-state index in [1.165, 1.54) is 385 Å². The van der Waals surface area contributed by atoms with Crippen LogP contribution in [0, 0.1) is 0 Å². The summed E-state index contributed by atoms with van der Waals surface area (Å²) in [7, 11) is 0. The molecule has 0 aliphatic rings. The van der Waals surface area contributed by atoms with Gasteiger partial charge in [-0.15, -0.1) is 0 Å². The predicted molar refractivity (Wildman–Crippen MR) is 380 cm³/mol. The highest BCUT2D eigenvalue weighted by Crippen LogP contribution is 2.20. The van der Waals surface area contributed by atoms with Crippen LogP contribution >= 0.6 is 0 Å². The van der Waals surface area contributed by atoms with Crippen molar-refractivity contribution in [2.75, 3.05) is 13.2 Å². The predicted octanol–water partition coefficient (Wildman–Crippen LogP) is 26.3. The van der Waals surface area contributed by atoms with E-state index in [9.17, 15) is 19.8 Å². The largest absolute Gasteiger partial charge is 0.466 e. The van der Waals surface area contributed by atoms with Gasteiger partial charge >= 0.3 is 5.97 Å². The second-order valence-electron chi connectivity index (χ2n) is 27.8. The smallest absolute Gasteiger partial charge is 0.305 e. The van der Waals surface area contributed by atoms with Gasteiger partial charge in [-0.1, -0.05) is 411 Å². The summed E-state index contributed by atoms with van der Waals surface area (Å²) in [4.78, 5) is 24.7. The van der Waals surface area contributed by atoms with E-state index in [-0.39, 0.29) is 18.5 Å². The molecule has 6 heteroatoms. The van der Waals surface area contributed by atoms with Crippen LogP contribution in [0.15, 0.2) is 12.2 Å². The molecule has 0 aromatic rings. The van der Waals surface area contributed by atoms with E-state index in [1.54, 1.807) is 0 Å². The molecular weight excluding hydrogens is 1050 g/mol. The summed E-state index contributed by atoms with van der Waals surface area (Å²) in [5, 5.41) is 23.5. The number of carbonyl (C=O) groups excluding carboxylic acids is 2. The van der Waals surface area contributed by atoms with Crippen molar-refractivity contribution < 1.29 is 24.5 Å². The van der Waals surface area contributed by atoms with Gasteiger partial charge in [-0.05, 0) is 51.4 Å². The van der Waals surface area contributed by atoms with E-state index in [0.29, 0.717) is 25.9 Å². The normalized spacial score (nSPS) is 12.5. The van der Waals surface area contributed by atoms with Crippen molar-refractivity contribution in [3.05, 3.63) is 12.2 Å². The van der Waals surface area contributed by atoms with Crippen molar-refractivity contribution in [2.24, 2.45) is 0 Å². The van der Waals surface area contributed by atoms with Crippen LogP contribution in [0.5, 0.6) is 0 Å². The average Bonchev–Trinajstić information content (AvgIpc) is 3.54. The summed E-state index contributed by atoms with van der Waals surface area (Å²) >= 11 is 0. The summed E-state index contributed by atoms with van der Waals surface area (Å²) < 4.78 is 5.51. The molecule has 512 valence electrons. The highest BCUT2D eigenvalue weighted by molar-refractivity contribution is 5.76. The first-order chi connectivity index (χ1) is 42.5. The number of rotatable bonds is 76. The molecule has 0 rings (SSSR count). The molecule has 3 N–H and O–H groups in total. The molecule has 0 bridgehead atoms. The monoisotopic (exact) mass is 1210 g/mol. The third kappa shape index (κ3) is 71.7. The van der Waals surface area contributed by atoms with Crippen molar-refractivity contribution >= 4 is 11.9 Å². The maximum Gasteiger partial charge on any atom is 0.305 e. The Bertz CT molecular complexity index is 1300. The van der Waals surface area contributed by atoms with Crippen LogP contribution in [0.1, 0.15) is 463 Å². The fourth-order valence-corrected chi connectivity index (χ4v) is 13.0. The van der Waals surface area contributed by atoms with Gasteiger partial charge in [-0.3, -0.25) is 9.59 Å². The number of hydrogen-bond acceptors (Lipinski definition) is 5. The third-order valence-electron chi connectivity index (χ3n) is 19.1. The van der Waals surface area contributed by atoms with E-state index in [0.717, 1.165) is 44.9 Å². The van der Waals surface area contributed by atoms with E-state index in [1.807, 2.05) is 0 Å². The van der Waals surface area contributed by atoms with E-state index in [2.05, 4.69) is 31.3 Å². The first-order valence-electron chi connectivity index (χ1n) is 39.9. The van der Waals surface area contributed by atoms with E-state index >= 15 is 0 Å². The second-order valence-corrected chi connectivity index (χ2v) is 27.8. The zero-order valence-corrected chi connectivity index (χ0v) is 58.8. The molecule has 6 nitrogen and oxygen atoms in total. The minimum absolute atomic E-state index is 0.0163. The van der Waals surface area contributed by atoms with Crippen molar-refractivity contribution in [1.82, 2.24) is 5.32 Å². The first-order valence-corrected chi connectivity index (χ1v) is 39.9. The van der Waals surface area contributed by atoms with Crippen molar-refractivity contribution in [1.29, 1.82) is 0 Å². The lowest BCUT2D eigenvalue weighted by Gasteiger charge is -2.22. The summed E-state index contributed by atoms with van der Waals surface area (Å²) in [5.74, 6) is -0.00966. The highest BCUT2D eigenvalue weighted by Gasteiger charge is 2.20. The molecule has 2 atom stereocenters. The van der Waals surface area contributed by atoms with Gasteiger partial charge < -0.3 is 20.3 Å². The summed E-state index contributed by atoms with van der Waals surface area (Å²) in [6.45, 7) is 5.01. The molecule has 0 heterocycles. The summed E-state index contributed by atoms with van der Waals surface area (Å²) in [5.41, 5.74) is 0. The van der Waals surface area contributed by atoms with Crippen LogP contribution in [0.3, 0.4) is 0 Å². The lowest BCUT2D eigenvalue weighted by Crippen LogP contribution is -2.45. The number of aliphatic hydroxyl groups excluding tert-OH is 2. The topological polar surface area (TPSA) is 95.9 Å². The van der Waals surface area contributed by atoms with E-state index < -0.39 is 12.1 Å². The van der Waals surface area contributed by atoms with Crippen LogP contribution in [-0.4, -0.2) is 47.4 Å². The lowest BCUT2D eigenvalue weighted by atomic mass is 10.0. The Kier molecular flexibility index (Phi) is 74.8. The van der Waals surface area contributed by atoms with Crippen molar-refractivity contribution in [3.63, 3.8) is 0 Å². The van der Waals surface area contributed by atoms with Crippen molar-refractivity contribution in [3.8, 4) is 0 Å². The Balaban J connectivity index is 3.34. The molecule has 2 unspecified atom stereocenters. The van der Waals surface area contributed by atoms with Crippen LogP contribution in [-0.2, 0) is 14.3 Å². The van der Waals surface area contributed by atoms with Crippen LogP contribution in [0.4, 0.5) is 0 Å². The van der Waals surface area contributed by atoms with Gasteiger partial charge in [0.25, 0.3) is 0 Å². The Hall–Kier alpha value is -1.40. The van der Waals surface area contributed by atoms with Gasteiger partial charge in [0.2, 0.25) is 5.91 Å².